The van der Waals surface area contributed by atoms with Crippen LogP contribution in [0.15, 0.2) is 79.1 Å². The predicted octanol–water partition coefficient (Wildman–Crippen LogP) is 5.51. The minimum Gasteiger partial charge on any atom is -0.369 e. The van der Waals surface area contributed by atoms with Gasteiger partial charge in [0.15, 0.2) is 0 Å². The van der Waals surface area contributed by atoms with Crippen molar-refractivity contribution in [3.8, 4) is 5.82 Å². The van der Waals surface area contributed by atoms with E-state index in [4.69, 9.17) is 10.7 Å². The Morgan fingerprint density at radius 1 is 1.00 bits per heavy atom. The number of fused-ring (bicyclic) bond motifs is 1. The fourth-order valence-electron chi connectivity index (χ4n) is 4.10. The molecule has 0 aliphatic rings. The van der Waals surface area contributed by atoms with Gasteiger partial charge in [0.25, 0.3) is 5.91 Å². The molecule has 0 aliphatic heterocycles. The van der Waals surface area contributed by atoms with Gasteiger partial charge in [-0.05, 0) is 55.0 Å². The summed E-state index contributed by atoms with van der Waals surface area (Å²) in [5.41, 5.74) is 8.02. The number of benzene rings is 3. The first kappa shape index (κ1) is 26.6. The Bertz CT molecular complexity index is 1680. The molecule has 204 valence electrons. The Morgan fingerprint density at radius 3 is 2.62 bits per heavy atom. The highest BCUT2D eigenvalue weighted by Crippen LogP contribution is 2.31. The molecule has 0 saturated carbocycles. The molecule has 0 spiro atoms. The zero-order valence-corrected chi connectivity index (χ0v) is 21.3. The van der Waals surface area contributed by atoms with Gasteiger partial charge >= 0.3 is 6.18 Å². The fraction of sp³-hybridized carbons (Fsp3) is 0.143. The number of hydrogen-bond acceptors (Lipinski definition) is 7. The van der Waals surface area contributed by atoms with Gasteiger partial charge in [0.05, 0.1) is 16.6 Å². The van der Waals surface area contributed by atoms with Crippen LogP contribution in [0.1, 0.15) is 21.5 Å². The maximum absolute atomic E-state index is 13.1. The van der Waals surface area contributed by atoms with Gasteiger partial charge in [0, 0.05) is 36.1 Å². The summed E-state index contributed by atoms with van der Waals surface area (Å²) in [4.78, 5) is 26.2. The number of nitrogens with two attached hydrogens (primary N) is 1. The molecule has 5 N–H and O–H groups in total. The van der Waals surface area contributed by atoms with Gasteiger partial charge < -0.3 is 21.7 Å². The van der Waals surface area contributed by atoms with Crippen molar-refractivity contribution in [1.29, 1.82) is 0 Å². The highest BCUT2D eigenvalue weighted by Gasteiger charge is 2.31. The lowest BCUT2D eigenvalue weighted by molar-refractivity contribution is -0.137. The minimum atomic E-state index is -4.55. The Labute approximate surface area is 227 Å². The number of amides is 1. The number of halogens is 3. The van der Waals surface area contributed by atoms with Gasteiger partial charge in [-0.25, -0.2) is 15.0 Å². The number of aryl methyl sites for hydroxylation is 1. The van der Waals surface area contributed by atoms with Gasteiger partial charge in [-0.2, -0.15) is 13.2 Å². The van der Waals surface area contributed by atoms with Crippen molar-refractivity contribution in [2.24, 2.45) is 5.73 Å². The van der Waals surface area contributed by atoms with E-state index < -0.39 is 17.6 Å². The molecule has 5 aromatic rings. The molecule has 0 fully saturated rings. The highest BCUT2D eigenvalue weighted by atomic mass is 19.4. The van der Waals surface area contributed by atoms with Crippen molar-refractivity contribution in [2.45, 2.75) is 13.1 Å². The van der Waals surface area contributed by atoms with E-state index in [0.29, 0.717) is 42.0 Å². The van der Waals surface area contributed by atoms with Crippen LogP contribution in [-0.2, 0) is 6.18 Å². The molecular formula is C28H25F3N8O. The van der Waals surface area contributed by atoms with Crippen molar-refractivity contribution in [3.63, 3.8) is 0 Å². The number of carbonyl (C=O) groups is 1. The molecule has 2 heterocycles. The smallest absolute Gasteiger partial charge is 0.369 e. The Balaban J connectivity index is 1.46. The molecule has 0 atom stereocenters. The Kier molecular flexibility index (Phi) is 7.34. The number of nitrogens with zero attached hydrogens (tertiary/aromatic N) is 4. The zero-order chi connectivity index (χ0) is 28.3. The number of hydrogen-bond donors (Lipinski definition) is 4. The minimum absolute atomic E-state index is 0.102. The van der Waals surface area contributed by atoms with Gasteiger partial charge in [-0.1, -0.05) is 24.3 Å². The third kappa shape index (κ3) is 5.71. The van der Waals surface area contributed by atoms with Crippen LogP contribution in [0.3, 0.4) is 0 Å². The van der Waals surface area contributed by atoms with Crippen LogP contribution < -0.4 is 21.7 Å². The molecule has 9 nitrogen and oxygen atoms in total. The molecule has 3 aromatic carbocycles. The maximum atomic E-state index is 13.1. The number of alkyl halides is 3. The number of para-hydroxylation sites is 2. The predicted molar refractivity (Wildman–Crippen MR) is 148 cm³/mol. The summed E-state index contributed by atoms with van der Waals surface area (Å²) in [5.74, 6) is 0.979. The van der Waals surface area contributed by atoms with Crippen LogP contribution in [0.5, 0.6) is 0 Å². The summed E-state index contributed by atoms with van der Waals surface area (Å²) in [5, 5.41) is 9.14. The molecule has 0 saturated heterocycles. The zero-order valence-electron chi connectivity index (χ0n) is 21.3. The van der Waals surface area contributed by atoms with E-state index >= 15 is 0 Å². The van der Waals surface area contributed by atoms with Gasteiger partial charge in [0.1, 0.15) is 18.0 Å². The molecule has 0 bridgehead atoms. The summed E-state index contributed by atoms with van der Waals surface area (Å²) in [6.45, 7) is 2.87. The lowest BCUT2D eigenvalue weighted by Crippen LogP contribution is -2.14. The lowest BCUT2D eigenvalue weighted by Gasteiger charge is -2.14. The summed E-state index contributed by atoms with van der Waals surface area (Å²) in [6, 6.07) is 18.8. The molecule has 2 aromatic heterocycles. The molecule has 5 rings (SSSR count). The van der Waals surface area contributed by atoms with Crippen LogP contribution in [0, 0.1) is 6.92 Å². The average molecular weight is 547 g/mol. The molecule has 0 radical (unpaired) electrons. The highest BCUT2D eigenvalue weighted by molar-refractivity contribution is 6.04. The van der Waals surface area contributed by atoms with E-state index in [1.807, 2.05) is 35.8 Å². The summed E-state index contributed by atoms with van der Waals surface area (Å²) in [7, 11) is 0. The average Bonchev–Trinajstić information content (AvgIpc) is 3.31. The van der Waals surface area contributed by atoms with Gasteiger partial charge in [0.2, 0.25) is 5.95 Å². The van der Waals surface area contributed by atoms with E-state index in [1.165, 1.54) is 18.5 Å². The molecular weight excluding hydrogens is 521 g/mol. The normalized spacial score (nSPS) is 11.4. The number of anilines is 4. The number of imidazole rings is 1. The second kappa shape index (κ2) is 11.0. The number of aromatic nitrogens is 4. The van der Waals surface area contributed by atoms with Crippen LogP contribution >= 0.6 is 0 Å². The van der Waals surface area contributed by atoms with E-state index in [2.05, 4.69) is 25.9 Å². The molecule has 1 amide bonds. The van der Waals surface area contributed by atoms with Crippen LogP contribution in [0.2, 0.25) is 0 Å². The summed E-state index contributed by atoms with van der Waals surface area (Å²) < 4.78 is 41.2. The third-order valence-electron chi connectivity index (χ3n) is 6.09. The van der Waals surface area contributed by atoms with Crippen LogP contribution in [0.25, 0.3) is 16.9 Å². The van der Waals surface area contributed by atoms with Crippen molar-refractivity contribution >= 4 is 40.1 Å². The van der Waals surface area contributed by atoms with E-state index in [9.17, 15) is 18.0 Å². The Hall–Kier alpha value is -4.97. The topological polar surface area (TPSA) is 123 Å². The first-order valence-electron chi connectivity index (χ1n) is 12.3. The second-order valence-electron chi connectivity index (χ2n) is 8.92. The third-order valence-corrected chi connectivity index (χ3v) is 6.09. The van der Waals surface area contributed by atoms with Crippen molar-refractivity contribution in [3.05, 3.63) is 95.8 Å². The lowest BCUT2D eigenvalue weighted by atomic mass is 10.1. The molecule has 0 aliphatic carbocycles. The van der Waals surface area contributed by atoms with Crippen LogP contribution in [-0.4, -0.2) is 38.5 Å². The quantitative estimate of drug-likeness (QED) is 0.202. The van der Waals surface area contributed by atoms with E-state index in [-0.39, 0.29) is 5.56 Å². The fourth-order valence-corrected chi connectivity index (χ4v) is 4.10. The van der Waals surface area contributed by atoms with Crippen molar-refractivity contribution < 1.29 is 18.0 Å². The van der Waals surface area contributed by atoms with E-state index in [1.54, 1.807) is 24.3 Å². The van der Waals surface area contributed by atoms with Crippen molar-refractivity contribution in [2.75, 3.05) is 29.0 Å². The standard InChI is InChI=1S/C28H25F3N8O/c1-17-9-10-20(36-26(40)18-5-4-6-19(13-18)28(29,30)31)14-22(17)38-27-37-21-7-2-3-8-23(21)39(27)25-15-24(33-12-11-32)34-16-35-25/h2-10,13-16H,11-12,32H2,1H3,(H,36,40)(H,37,38)(H,33,34,35). The molecule has 12 heteroatoms. The first-order valence-corrected chi connectivity index (χ1v) is 12.3. The summed E-state index contributed by atoms with van der Waals surface area (Å²) in [6.07, 6.45) is -3.10. The number of nitrogens with one attached hydrogen (secondary N) is 3. The second-order valence-corrected chi connectivity index (χ2v) is 8.92. The first-order chi connectivity index (χ1) is 19.2. The number of rotatable bonds is 8. The largest absolute Gasteiger partial charge is 0.416 e. The molecule has 0 unspecified atom stereocenters. The number of carbonyl (C=O) groups excluding carboxylic acids is 1. The van der Waals surface area contributed by atoms with Crippen LogP contribution in [0.4, 0.5) is 36.3 Å². The molecule has 40 heavy (non-hydrogen) atoms. The SMILES string of the molecule is Cc1ccc(NC(=O)c2cccc(C(F)(F)F)c2)cc1Nc1nc2ccccc2n1-c1cc(NCCN)ncn1. The Morgan fingerprint density at radius 2 is 1.82 bits per heavy atom. The van der Waals surface area contributed by atoms with Gasteiger partial charge in [-0.3, -0.25) is 9.36 Å². The van der Waals surface area contributed by atoms with E-state index in [0.717, 1.165) is 28.7 Å². The maximum Gasteiger partial charge on any atom is 0.416 e. The monoisotopic (exact) mass is 546 g/mol. The van der Waals surface area contributed by atoms with Gasteiger partial charge in [-0.15, -0.1) is 0 Å². The summed E-state index contributed by atoms with van der Waals surface area (Å²) >= 11 is 0. The van der Waals surface area contributed by atoms with Crippen molar-refractivity contribution in [1.82, 2.24) is 19.5 Å².